The highest BCUT2D eigenvalue weighted by molar-refractivity contribution is 7.47. The fraction of sp³-hybridized carbons (Fsp3) is 1.00. The third-order valence-electron chi connectivity index (χ3n) is 2.51. The molecule has 2 fully saturated rings. The van der Waals surface area contributed by atoms with Crippen molar-refractivity contribution in [2.45, 2.75) is 18.8 Å². The lowest BCUT2D eigenvalue weighted by atomic mass is 10.3. The Hall–Kier alpha value is 0.0700. The fourth-order valence-electron chi connectivity index (χ4n) is 1.81. The second-order valence-electron chi connectivity index (χ2n) is 3.90. The minimum absolute atomic E-state index is 0.198. The number of phosphoric acid groups is 1. The Morgan fingerprint density at radius 3 is 2.75 bits per heavy atom. The minimum atomic E-state index is -3.72. The average molecular weight is 194 g/mol. The topological polar surface area (TPSA) is 55.8 Å². The first kappa shape index (κ1) is 8.66. The maximum atomic E-state index is 11.0. The number of hydrogen-bond donors (Lipinski definition) is 1. The van der Waals surface area contributed by atoms with Gasteiger partial charge in [-0.2, -0.15) is 0 Å². The van der Waals surface area contributed by atoms with Crippen molar-refractivity contribution < 1.29 is 23.0 Å². The van der Waals surface area contributed by atoms with Gasteiger partial charge in [0.25, 0.3) is 0 Å². The summed E-state index contributed by atoms with van der Waals surface area (Å²) in [5.74, 6) is 0. The summed E-state index contributed by atoms with van der Waals surface area (Å²) in [5.41, 5.74) is 0. The summed E-state index contributed by atoms with van der Waals surface area (Å²) >= 11 is 0. The second-order valence-corrected chi connectivity index (χ2v) is 5.26. The van der Waals surface area contributed by atoms with Crippen LogP contribution in [0, 0.1) is 0 Å². The van der Waals surface area contributed by atoms with Crippen molar-refractivity contribution in [3.8, 4) is 0 Å². The van der Waals surface area contributed by atoms with E-state index in [9.17, 15) is 4.57 Å². The number of likely N-dealkylation sites (N-methyl/N-ethyl adjacent to an activating group) is 1. The molecule has 70 valence electrons. The number of quaternary nitrogens is 1. The van der Waals surface area contributed by atoms with E-state index in [0.29, 0.717) is 4.48 Å². The number of phosphoric ester groups is 1. The number of rotatable bonds is 0. The highest BCUT2D eigenvalue weighted by atomic mass is 31.2. The molecule has 6 heteroatoms. The first-order valence-corrected chi connectivity index (χ1v) is 5.43. The Morgan fingerprint density at radius 1 is 1.50 bits per heavy atom. The molecule has 2 aliphatic heterocycles. The first-order chi connectivity index (χ1) is 5.41. The average Bonchev–Trinajstić information content (AvgIpc) is 2.31. The molecule has 2 heterocycles. The fourth-order valence-corrected chi connectivity index (χ4v) is 3.08. The van der Waals surface area contributed by atoms with Gasteiger partial charge in [0.1, 0.15) is 0 Å². The van der Waals surface area contributed by atoms with E-state index >= 15 is 0 Å². The molecule has 0 amide bonds. The van der Waals surface area contributed by atoms with Crippen LogP contribution in [-0.4, -0.2) is 42.3 Å². The number of likely N-dealkylation sites (tertiary alicyclic amines) is 1. The van der Waals surface area contributed by atoms with Gasteiger partial charge in [0, 0.05) is 6.42 Å². The van der Waals surface area contributed by atoms with E-state index in [1.165, 1.54) is 0 Å². The van der Waals surface area contributed by atoms with Crippen molar-refractivity contribution in [2.75, 3.05) is 20.6 Å². The largest absolute Gasteiger partial charge is 0.477 e. The van der Waals surface area contributed by atoms with Gasteiger partial charge < -0.3 is 9.38 Å². The van der Waals surface area contributed by atoms with Gasteiger partial charge >= 0.3 is 7.82 Å². The quantitative estimate of drug-likeness (QED) is 0.445. The molecule has 1 N–H and O–H groups in total. The van der Waals surface area contributed by atoms with Gasteiger partial charge in [-0.05, 0) is 0 Å². The van der Waals surface area contributed by atoms with E-state index in [0.717, 1.165) is 13.0 Å². The molecule has 2 aliphatic rings. The predicted octanol–water partition coefficient (Wildman–Crippen LogP) is 0.308. The molecule has 2 saturated heterocycles. The molecule has 2 rings (SSSR count). The van der Waals surface area contributed by atoms with Crippen LogP contribution in [0.3, 0.4) is 0 Å². The molecular weight excluding hydrogens is 181 g/mol. The van der Waals surface area contributed by atoms with Gasteiger partial charge in [-0.25, -0.2) is 9.09 Å². The Bertz CT molecular complexity index is 254. The van der Waals surface area contributed by atoms with Crippen LogP contribution in [-0.2, 0) is 13.6 Å². The van der Waals surface area contributed by atoms with Crippen molar-refractivity contribution in [3.63, 3.8) is 0 Å². The zero-order valence-corrected chi connectivity index (χ0v) is 8.03. The van der Waals surface area contributed by atoms with Crippen LogP contribution < -0.4 is 0 Å². The van der Waals surface area contributed by atoms with Gasteiger partial charge in [-0.15, -0.1) is 0 Å². The zero-order chi connectivity index (χ0) is 8.98. The molecule has 12 heavy (non-hydrogen) atoms. The van der Waals surface area contributed by atoms with Crippen LogP contribution in [0.15, 0.2) is 0 Å². The van der Waals surface area contributed by atoms with Gasteiger partial charge in [-0.1, -0.05) is 0 Å². The van der Waals surface area contributed by atoms with E-state index in [-0.39, 0.29) is 12.3 Å². The summed E-state index contributed by atoms with van der Waals surface area (Å²) in [6.07, 6.45) is 0.332. The summed E-state index contributed by atoms with van der Waals surface area (Å²) in [6, 6.07) is 0. The lowest BCUT2D eigenvalue weighted by molar-refractivity contribution is -0.920. The monoisotopic (exact) mass is 194 g/mol. The second kappa shape index (κ2) is 2.30. The normalized spacial score (nSPS) is 50.9. The van der Waals surface area contributed by atoms with Gasteiger partial charge in [-0.3, -0.25) is 4.52 Å². The van der Waals surface area contributed by atoms with Crippen molar-refractivity contribution in [1.29, 1.82) is 0 Å². The molecule has 0 bridgehead atoms. The Morgan fingerprint density at radius 2 is 2.17 bits per heavy atom. The van der Waals surface area contributed by atoms with E-state index in [4.69, 9.17) is 13.9 Å². The molecule has 5 nitrogen and oxygen atoms in total. The van der Waals surface area contributed by atoms with Crippen molar-refractivity contribution in [1.82, 2.24) is 0 Å². The molecule has 0 saturated carbocycles. The van der Waals surface area contributed by atoms with E-state index in [2.05, 4.69) is 0 Å². The van der Waals surface area contributed by atoms with Crippen LogP contribution in [0.4, 0.5) is 0 Å². The van der Waals surface area contributed by atoms with Crippen LogP contribution in [0.1, 0.15) is 6.42 Å². The van der Waals surface area contributed by atoms with E-state index in [1.807, 2.05) is 14.1 Å². The van der Waals surface area contributed by atoms with Crippen LogP contribution in [0.25, 0.3) is 0 Å². The van der Waals surface area contributed by atoms with Crippen LogP contribution in [0.5, 0.6) is 0 Å². The number of hydrogen-bond acceptors (Lipinski definition) is 3. The molecule has 0 radical (unpaired) electrons. The highest BCUT2D eigenvalue weighted by Gasteiger charge is 2.56. The van der Waals surface area contributed by atoms with E-state index in [1.54, 1.807) is 0 Å². The minimum Gasteiger partial charge on any atom is -0.302 e. The molecule has 0 spiro atoms. The SMILES string of the molecule is C[N+]1(C)CCC2OP(=O)(O)OC21. The van der Waals surface area contributed by atoms with Crippen molar-refractivity contribution >= 4 is 7.82 Å². The maximum absolute atomic E-state index is 11.0. The molecule has 0 aromatic rings. The third kappa shape index (κ3) is 1.22. The number of fused-ring (bicyclic) bond motifs is 1. The molecule has 3 atom stereocenters. The summed E-state index contributed by atoms with van der Waals surface area (Å²) < 4.78 is 21.5. The lowest BCUT2D eigenvalue weighted by Crippen LogP contribution is -2.46. The summed E-state index contributed by atoms with van der Waals surface area (Å²) in [7, 11) is 0.227. The third-order valence-corrected chi connectivity index (χ3v) is 3.53. The van der Waals surface area contributed by atoms with E-state index < -0.39 is 7.82 Å². The standard InChI is InChI=1S/C6H12NO4P/c1-7(2)4-3-5-6(7)11-12(8,9)10-5/h5-6H,3-4H2,1-2H3/p+1. The van der Waals surface area contributed by atoms with Gasteiger partial charge in [0.2, 0.25) is 6.23 Å². The van der Waals surface area contributed by atoms with Gasteiger partial charge in [0.05, 0.1) is 20.6 Å². The molecule has 0 aliphatic carbocycles. The highest BCUT2D eigenvalue weighted by Crippen LogP contribution is 2.56. The molecular formula is C6H13NO4P+. The summed E-state index contributed by atoms with van der Waals surface area (Å²) in [5, 5.41) is 0. The van der Waals surface area contributed by atoms with Crippen molar-refractivity contribution in [2.24, 2.45) is 0 Å². The summed E-state index contributed by atoms with van der Waals surface area (Å²) in [6.45, 7) is 0.926. The predicted molar refractivity (Wildman–Crippen MR) is 41.2 cm³/mol. The van der Waals surface area contributed by atoms with Crippen molar-refractivity contribution in [3.05, 3.63) is 0 Å². The smallest absolute Gasteiger partial charge is 0.302 e. The number of nitrogens with zero attached hydrogens (tertiary/aromatic N) is 1. The Balaban J connectivity index is 2.22. The van der Waals surface area contributed by atoms with Gasteiger partial charge in [0.15, 0.2) is 6.10 Å². The van der Waals surface area contributed by atoms with Crippen LogP contribution in [0.2, 0.25) is 0 Å². The van der Waals surface area contributed by atoms with Crippen LogP contribution >= 0.6 is 7.82 Å². The molecule has 3 unspecified atom stereocenters. The lowest BCUT2D eigenvalue weighted by Gasteiger charge is -2.28. The zero-order valence-electron chi connectivity index (χ0n) is 7.14. The molecule has 0 aromatic carbocycles. The maximum Gasteiger partial charge on any atom is 0.477 e. The summed E-state index contributed by atoms with van der Waals surface area (Å²) in [4.78, 5) is 9.03. The Kier molecular flexibility index (Phi) is 1.66. The first-order valence-electron chi connectivity index (χ1n) is 3.93. The molecule has 0 aromatic heterocycles. The Labute approximate surface area is 71.1 Å².